The summed E-state index contributed by atoms with van der Waals surface area (Å²) in [5, 5.41) is 18.8. The van der Waals surface area contributed by atoms with Crippen LogP contribution in [-0.2, 0) is 9.59 Å². The van der Waals surface area contributed by atoms with Gasteiger partial charge in [0, 0.05) is 55.8 Å². The molecule has 5 heterocycles. The van der Waals surface area contributed by atoms with Crippen LogP contribution in [0.5, 0.6) is 0 Å². The molecule has 0 radical (unpaired) electrons. The van der Waals surface area contributed by atoms with Crippen molar-refractivity contribution < 1.29 is 19.8 Å². The molecule has 44 heavy (non-hydrogen) atoms. The first-order chi connectivity index (χ1) is 20.8. The smallest absolute Gasteiger partial charge is 0.328 e. The molecule has 8 bridgehead atoms. The number of allylic oxidation sites excluding steroid dienone is 3. The lowest BCUT2D eigenvalue weighted by Gasteiger charge is -2.07. The average Bonchev–Trinajstić information content (AvgIpc) is 3.59. The maximum Gasteiger partial charge on any atom is 0.328 e. The van der Waals surface area contributed by atoms with Crippen LogP contribution >= 0.6 is 25.3 Å². The van der Waals surface area contributed by atoms with Crippen LogP contribution in [-0.4, -0.2) is 47.3 Å². The second kappa shape index (κ2) is 12.0. The van der Waals surface area contributed by atoms with Crippen molar-refractivity contribution in [1.82, 2.24) is 19.9 Å². The second-order valence-corrected chi connectivity index (χ2v) is 12.4. The highest BCUT2D eigenvalue weighted by Gasteiger charge is 2.22. The summed E-state index contributed by atoms with van der Waals surface area (Å²) in [7, 11) is 0. The lowest BCUT2D eigenvalue weighted by atomic mass is 10.0. The van der Waals surface area contributed by atoms with E-state index in [4.69, 9.17) is 22.6 Å². The lowest BCUT2D eigenvalue weighted by Crippen LogP contribution is -1.95. The molecule has 8 nitrogen and oxygen atoms in total. The molecule has 0 aliphatic carbocycles. The van der Waals surface area contributed by atoms with Crippen molar-refractivity contribution in [2.75, 3.05) is 0 Å². The predicted octanol–water partition coefficient (Wildman–Crippen LogP) is 7.97. The number of carboxylic acids is 2. The number of fused-ring (bicyclic) bond motifs is 8. The van der Waals surface area contributed by atoms with Gasteiger partial charge >= 0.3 is 11.9 Å². The van der Waals surface area contributed by atoms with Crippen molar-refractivity contribution >= 4 is 92.5 Å². The van der Waals surface area contributed by atoms with Gasteiger partial charge in [0.2, 0.25) is 0 Å². The lowest BCUT2D eigenvalue weighted by molar-refractivity contribution is -0.137. The Bertz CT molecular complexity index is 2030. The average molecular weight is 627 g/mol. The number of hydrogen-bond donors (Lipinski definition) is 6. The minimum atomic E-state index is -1.06. The third kappa shape index (κ3) is 5.79. The number of aryl methyl sites for hydroxylation is 2. The van der Waals surface area contributed by atoms with Crippen LogP contribution in [0, 0.1) is 13.8 Å². The van der Waals surface area contributed by atoms with Crippen LogP contribution < -0.4 is 0 Å². The van der Waals surface area contributed by atoms with E-state index in [0.717, 1.165) is 73.0 Å². The van der Waals surface area contributed by atoms with Crippen molar-refractivity contribution in [3.8, 4) is 0 Å². The standard InChI is InChI=1S/C34H34N4O4S2/c1-15-21(7-9-31(39)40)27-14-28-22(8-10-32(41)42)16(2)24(36-28)12-29-34(20(6)44)18(4)26(38-29)13-30-33(19(5)43)17(3)25(37-30)11-23(15)35-27/h7,9,11-14,19,35,38,43-44H,6,8,10H2,1-5H3,(H,39,40)(H,41,42)/b9-7+,23-11?,24-12?,25-11?,26-13?,27-14?,28-14?,29-12?,30-13?. The fraction of sp³-hybridized carbons (Fsp3) is 0.235. The number of carboxylic acid groups (broad SMARTS) is 2. The molecule has 0 spiro atoms. The maximum atomic E-state index is 11.6. The molecule has 0 saturated carbocycles. The number of hydrogen-bond acceptors (Lipinski definition) is 6. The molecule has 1 atom stereocenters. The van der Waals surface area contributed by atoms with Crippen LogP contribution in [0.3, 0.4) is 0 Å². The normalized spacial score (nSPS) is 14.1. The molecule has 226 valence electrons. The summed E-state index contributed by atoms with van der Waals surface area (Å²) in [6, 6.07) is 7.77. The number of nitrogens with zero attached hydrogens (tertiary/aromatic N) is 2. The zero-order valence-electron chi connectivity index (χ0n) is 25.2. The van der Waals surface area contributed by atoms with Gasteiger partial charge in [-0.1, -0.05) is 6.58 Å². The predicted molar refractivity (Wildman–Crippen MR) is 185 cm³/mol. The van der Waals surface area contributed by atoms with Crippen LogP contribution in [0.2, 0.25) is 0 Å². The molecule has 2 aliphatic heterocycles. The minimum absolute atomic E-state index is 0.0588. The van der Waals surface area contributed by atoms with E-state index in [2.05, 4.69) is 29.2 Å². The van der Waals surface area contributed by atoms with E-state index in [-0.39, 0.29) is 18.1 Å². The molecule has 2 aliphatic rings. The zero-order chi connectivity index (χ0) is 32.0. The largest absolute Gasteiger partial charge is 0.481 e. The summed E-state index contributed by atoms with van der Waals surface area (Å²) in [5.41, 5.74) is 12.9. The Labute approximate surface area is 266 Å². The van der Waals surface area contributed by atoms with Crippen molar-refractivity contribution in [2.24, 2.45) is 0 Å². The molecule has 0 fully saturated rings. The fourth-order valence-corrected chi connectivity index (χ4v) is 6.52. The number of thiol groups is 2. The SMILES string of the molecule is C=C(S)c1c(C)c2cc3nc(cc4[nH]c(cc5nc(cc1[nH]2)C(C)=C5CCC(=O)O)c(/C=C/C(=O)O)c4C)C(C)=C3C(C)S. The van der Waals surface area contributed by atoms with E-state index in [1.807, 2.05) is 58.9 Å². The van der Waals surface area contributed by atoms with Gasteiger partial charge in [0.1, 0.15) is 0 Å². The van der Waals surface area contributed by atoms with E-state index < -0.39 is 11.9 Å². The van der Waals surface area contributed by atoms with Gasteiger partial charge in [0.25, 0.3) is 0 Å². The maximum absolute atomic E-state index is 11.6. The Kier molecular flexibility index (Phi) is 8.51. The Morgan fingerprint density at radius 2 is 1.45 bits per heavy atom. The summed E-state index contributed by atoms with van der Waals surface area (Å²) in [5.74, 6) is -1.97. The van der Waals surface area contributed by atoms with Gasteiger partial charge in [-0.25, -0.2) is 14.8 Å². The molecule has 0 amide bonds. The quantitative estimate of drug-likeness (QED) is 0.116. The highest BCUT2D eigenvalue weighted by molar-refractivity contribution is 7.90. The van der Waals surface area contributed by atoms with Crippen molar-refractivity contribution in [1.29, 1.82) is 0 Å². The number of rotatable bonds is 7. The summed E-state index contributed by atoms with van der Waals surface area (Å²) in [4.78, 5) is 40.6. The number of aliphatic carboxylic acids is 2. The Morgan fingerprint density at radius 1 is 0.886 bits per heavy atom. The number of nitrogens with one attached hydrogen (secondary N) is 2. The highest BCUT2D eigenvalue weighted by Crippen LogP contribution is 2.38. The summed E-state index contributed by atoms with van der Waals surface area (Å²) >= 11 is 9.40. The third-order valence-corrected chi connectivity index (χ3v) is 8.67. The topological polar surface area (TPSA) is 132 Å². The Morgan fingerprint density at radius 3 is 2.09 bits per heavy atom. The van der Waals surface area contributed by atoms with E-state index in [1.165, 1.54) is 0 Å². The summed E-state index contributed by atoms with van der Waals surface area (Å²) in [6.07, 6.45) is 2.89. The van der Waals surface area contributed by atoms with Gasteiger partial charge in [-0.2, -0.15) is 12.6 Å². The van der Waals surface area contributed by atoms with Crippen LogP contribution in [0.25, 0.3) is 55.3 Å². The Balaban J connectivity index is 1.99. The highest BCUT2D eigenvalue weighted by atomic mass is 32.1. The monoisotopic (exact) mass is 626 g/mol. The zero-order valence-corrected chi connectivity index (χ0v) is 27.0. The molecule has 4 N–H and O–H groups in total. The van der Waals surface area contributed by atoms with E-state index in [9.17, 15) is 19.8 Å². The molecule has 10 heteroatoms. The molecular formula is C34H34N4O4S2. The third-order valence-electron chi connectivity index (χ3n) is 8.19. The van der Waals surface area contributed by atoms with E-state index >= 15 is 0 Å². The van der Waals surface area contributed by atoms with Crippen LogP contribution in [0.15, 0.2) is 36.9 Å². The summed E-state index contributed by atoms with van der Waals surface area (Å²) in [6.45, 7) is 14.0. The molecule has 0 saturated heterocycles. The van der Waals surface area contributed by atoms with E-state index in [1.54, 1.807) is 6.08 Å². The number of H-pyrrole nitrogens is 2. The van der Waals surface area contributed by atoms with Crippen LogP contribution in [0.4, 0.5) is 0 Å². The van der Waals surface area contributed by atoms with Gasteiger partial charge in [0.05, 0.1) is 22.8 Å². The molecule has 5 rings (SSSR count). The number of aromatic amines is 2. The molecule has 3 aromatic heterocycles. The number of carbonyl (C=O) groups is 2. The first-order valence-electron chi connectivity index (χ1n) is 14.1. The number of aromatic nitrogens is 4. The van der Waals surface area contributed by atoms with Crippen molar-refractivity contribution in [3.63, 3.8) is 0 Å². The first-order valence-corrected chi connectivity index (χ1v) is 15.1. The first kappa shape index (κ1) is 31.2. The second-order valence-electron chi connectivity index (χ2n) is 11.1. The summed E-state index contributed by atoms with van der Waals surface area (Å²) < 4.78 is 0. The Hall–Kier alpha value is -4.28. The van der Waals surface area contributed by atoms with Gasteiger partial charge in [-0.15, -0.1) is 12.6 Å². The molecule has 3 aromatic rings. The fourth-order valence-electron chi connectivity index (χ4n) is 5.91. The van der Waals surface area contributed by atoms with Gasteiger partial charge < -0.3 is 20.2 Å². The van der Waals surface area contributed by atoms with Crippen molar-refractivity contribution in [3.05, 3.63) is 81.9 Å². The molecular weight excluding hydrogens is 593 g/mol. The molecule has 0 aromatic carbocycles. The van der Waals surface area contributed by atoms with Gasteiger partial charge in [-0.3, -0.25) is 4.79 Å². The van der Waals surface area contributed by atoms with Gasteiger partial charge in [0.15, 0.2) is 0 Å². The van der Waals surface area contributed by atoms with Gasteiger partial charge in [-0.05, 0) is 105 Å². The molecule has 1 unspecified atom stereocenters. The van der Waals surface area contributed by atoms with Crippen molar-refractivity contribution in [2.45, 2.75) is 52.7 Å². The van der Waals surface area contributed by atoms with E-state index in [0.29, 0.717) is 27.4 Å². The minimum Gasteiger partial charge on any atom is -0.481 e. The van der Waals surface area contributed by atoms with Crippen LogP contribution in [0.1, 0.15) is 78.6 Å².